The van der Waals surface area contributed by atoms with E-state index in [0.717, 1.165) is 38.5 Å². The van der Waals surface area contributed by atoms with Crippen molar-refractivity contribution in [1.29, 1.82) is 0 Å². The molecule has 4 N–H and O–H groups in total. The number of nitrogens with two attached hydrogens (primary N) is 1. The Hall–Kier alpha value is -1.26. The average molecular weight is 283 g/mol. The number of oxime groups is 1. The lowest BCUT2D eigenvalue weighted by molar-refractivity contribution is -0.132. The number of nitrogens with zero attached hydrogens (tertiary/aromatic N) is 1. The molecule has 1 fully saturated rings. The van der Waals surface area contributed by atoms with Gasteiger partial charge in [-0.15, -0.1) is 0 Å². The summed E-state index contributed by atoms with van der Waals surface area (Å²) in [4.78, 5) is 12.7. The van der Waals surface area contributed by atoms with Gasteiger partial charge in [0.2, 0.25) is 5.91 Å². The molecule has 1 saturated carbocycles. The summed E-state index contributed by atoms with van der Waals surface area (Å²) >= 11 is 0. The molecular weight excluding hydrogens is 254 g/mol. The van der Waals surface area contributed by atoms with Crippen LogP contribution in [0.2, 0.25) is 0 Å². The minimum atomic E-state index is -0.202. The van der Waals surface area contributed by atoms with E-state index < -0.39 is 0 Å². The largest absolute Gasteiger partial charge is 0.409 e. The molecule has 0 radical (unpaired) electrons. The lowest BCUT2D eigenvalue weighted by atomic mass is 9.77. The van der Waals surface area contributed by atoms with Gasteiger partial charge in [0, 0.05) is 17.9 Å². The topological polar surface area (TPSA) is 87.7 Å². The Morgan fingerprint density at radius 2 is 2.00 bits per heavy atom. The molecule has 0 aromatic heterocycles. The Balaban J connectivity index is 2.70. The minimum absolute atomic E-state index is 0.0527. The molecule has 116 valence electrons. The smallest absolute Gasteiger partial charge is 0.226 e. The van der Waals surface area contributed by atoms with Crippen LogP contribution in [0.15, 0.2) is 5.16 Å². The first-order valence-corrected chi connectivity index (χ1v) is 7.71. The number of rotatable bonds is 7. The highest BCUT2D eigenvalue weighted by Gasteiger charge is 2.41. The van der Waals surface area contributed by atoms with E-state index in [2.05, 4.69) is 24.3 Å². The maximum atomic E-state index is 12.7. The second-order valence-corrected chi connectivity index (χ2v) is 6.46. The fraction of sp³-hybridized carbons (Fsp3) is 0.867. The highest BCUT2D eigenvalue weighted by atomic mass is 16.4. The fourth-order valence-corrected chi connectivity index (χ4v) is 3.29. The summed E-state index contributed by atoms with van der Waals surface area (Å²) in [5, 5.41) is 14.7. The van der Waals surface area contributed by atoms with E-state index in [9.17, 15) is 4.79 Å². The summed E-state index contributed by atoms with van der Waals surface area (Å²) in [7, 11) is 0. The van der Waals surface area contributed by atoms with E-state index in [1.807, 2.05) is 6.92 Å². The molecule has 1 unspecified atom stereocenters. The normalized spacial score (nSPS) is 20.1. The molecule has 1 atom stereocenters. The summed E-state index contributed by atoms with van der Waals surface area (Å²) in [5.41, 5.74) is 5.34. The first kappa shape index (κ1) is 16.8. The van der Waals surface area contributed by atoms with E-state index in [0.29, 0.717) is 12.3 Å². The Morgan fingerprint density at radius 1 is 1.40 bits per heavy atom. The third-order valence-electron chi connectivity index (χ3n) is 4.25. The number of nitrogens with one attached hydrogen (secondary N) is 1. The Kier molecular flexibility index (Phi) is 6.30. The minimum Gasteiger partial charge on any atom is -0.409 e. The molecule has 1 amide bonds. The van der Waals surface area contributed by atoms with Crippen LogP contribution in [0.5, 0.6) is 0 Å². The van der Waals surface area contributed by atoms with Gasteiger partial charge in [-0.1, -0.05) is 38.8 Å². The molecule has 5 nitrogen and oxygen atoms in total. The first-order chi connectivity index (χ1) is 9.43. The Labute approximate surface area is 122 Å². The third-order valence-corrected chi connectivity index (χ3v) is 4.25. The molecular formula is C15H29N3O2. The first-order valence-electron chi connectivity index (χ1n) is 7.71. The van der Waals surface area contributed by atoms with Crippen LogP contribution in [-0.2, 0) is 4.79 Å². The molecule has 1 aliphatic rings. The third kappa shape index (κ3) is 4.39. The highest BCUT2D eigenvalue weighted by molar-refractivity contribution is 5.85. The number of carbonyl (C=O) groups excluding carboxylic acids is 1. The van der Waals surface area contributed by atoms with Crippen LogP contribution < -0.4 is 11.1 Å². The summed E-state index contributed by atoms with van der Waals surface area (Å²) in [6, 6.07) is -0.0527. The van der Waals surface area contributed by atoms with Crippen molar-refractivity contribution in [1.82, 2.24) is 5.32 Å². The summed E-state index contributed by atoms with van der Waals surface area (Å²) in [6.45, 7) is 6.33. The van der Waals surface area contributed by atoms with E-state index in [1.54, 1.807) is 0 Å². The zero-order valence-corrected chi connectivity index (χ0v) is 13.0. The van der Waals surface area contributed by atoms with Crippen LogP contribution in [0.3, 0.4) is 0 Å². The van der Waals surface area contributed by atoms with Gasteiger partial charge in [0.05, 0.1) is 0 Å². The average Bonchev–Trinajstić information content (AvgIpc) is 2.86. The predicted molar refractivity (Wildman–Crippen MR) is 80.6 cm³/mol. The molecule has 20 heavy (non-hydrogen) atoms. The van der Waals surface area contributed by atoms with Crippen LogP contribution in [0.25, 0.3) is 0 Å². The van der Waals surface area contributed by atoms with Gasteiger partial charge in [0.15, 0.2) is 0 Å². The van der Waals surface area contributed by atoms with E-state index in [1.165, 1.54) is 0 Å². The molecule has 0 bridgehead atoms. The van der Waals surface area contributed by atoms with E-state index in [-0.39, 0.29) is 23.2 Å². The van der Waals surface area contributed by atoms with Gasteiger partial charge >= 0.3 is 0 Å². The molecule has 0 aliphatic heterocycles. The summed E-state index contributed by atoms with van der Waals surface area (Å²) in [5.74, 6) is 0.839. The second-order valence-electron chi connectivity index (χ2n) is 6.46. The van der Waals surface area contributed by atoms with E-state index in [4.69, 9.17) is 10.9 Å². The van der Waals surface area contributed by atoms with Crippen LogP contribution in [0.1, 0.15) is 65.7 Å². The predicted octanol–water partition coefficient (Wildman–Crippen LogP) is 2.62. The molecule has 0 aromatic carbocycles. The van der Waals surface area contributed by atoms with Gasteiger partial charge in [0.25, 0.3) is 0 Å². The van der Waals surface area contributed by atoms with Crippen molar-refractivity contribution in [2.75, 3.05) is 0 Å². The lowest BCUT2D eigenvalue weighted by Gasteiger charge is -2.31. The molecule has 1 rings (SSSR count). The standard InChI is InChI=1S/C15H29N3O2/c1-4-12(9-13(16)18-20)17-14(19)15(10-11(2)3)7-5-6-8-15/h11-12,20H,4-10H2,1-3H3,(H2,16,18)(H,17,19). The molecule has 1 aliphatic carbocycles. The molecule has 5 heteroatoms. The van der Waals surface area contributed by atoms with Crippen LogP contribution in [0, 0.1) is 11.3 Å². The quantitative estimate of drug-likeness (QED) is 0.290. The lowest BCUT2D eigenvalue weighted by Crippen LogP contribution is -2.46. The molecule has 0 aromatic rings. The fourth-order valence-electron chi connectivity index (χ4n) is 3.29. The van der Waals surface area contributed by atoms with Crippen molar-refractivity contribution < 1.29 is 10.0 Å². The number of amidine groups is 1. The SMILES string of the molecule is CCC(CC(N)=NO)NC(=O)C1(CC(C)C)CCCC1. The van der Waals surface area contributed by atoms with Crippen molar-refractivity contribution in [3.8, 4) is 0 Å². The van der Waals surface area contributed by atoms with Gasteiger partial charge in [-0.2, -0.15) is 0 Å². The van der Waals surface area contributed by atoms with Crippen molar-refractivity contribution in [3.63, 3.8) is 0 Å². The molecule has 0 spiro atoms. The van der Waals surface area contributed by atoms with Crippen molar-refractivity contribution >= 4 is 11.7 Å². The van der Waals surface area contributed by atoms with Crippen molar-refractivity contribution in [2.24, 2.45) is 22.2 Å². The maximum absolute atomic E-state index is 12.7. The second kappa shape index (κ2) is 7.50. The van der Waals surface area contributed by atoms with Gasteiger partial charge in [-0.3, -0.25) is 4.79 Å². The number of hydrogen-bond donors (Lipinski definition) is 3. The molecule has 0 saturated heterocycles. The van der Waals surface area contributed by atoms with Gasteiger partial charge < -0.3 is 16.3 Å². The Bertz CT molecular complexity index is 347. The van der Waals surface area contributed by atoms with Gasteiger partial charge in [0.1, 0.15) is 5.84 Å². The summed E-state index contributed by atoms with van der Waals surface area (Å²) < 4.78 is 0. The highest BCUT2D eigenvalue weighted by Crippen LogP contribution is 2.43. The Morgan fingerprint density at radius 3 is 2.45 bits per heavy atom. The molecule has 0 heterocycles. The zero-order chi connectivity index (χ0) is 15.2. The monoisotopic (exact) mass is 283 g/mol. The number of carbonyl (C=O) groups is 1. The number of hydrogen-bond acceptors (Lipinski definition) is 3. The van der Waals surface area contributed by atoms with Gasteiger partial charge in [-0.05, 0) is 31.6 Å². The van der Waals surface area contributed by atoms with Crippen molar-refractivity contribution in [3.05, 3.63) is 0 Å². The number of amides is 1. The van der Waals surface area contributed by atoms with Gasteiger partial charge in [-0.25, -0.2) is 0 Å². The van der Waals surface area contributed by atoms with Crippen LogP contribution >= 0.6 is 0 Å². The van der Waals surface area contributed by atoms with Crippen molar-refractivity contribution in [2.45, 2.75) is 71.8 Å². The summed E-state index contributed by atoms with van der Waals surface area (Å²) in [6.07, 6.45) is 6.36. The van der Waals surface area contributed by atoms with Crippen LogP contribution in [0.4, 0.5) is 0 Å². The zero-order valence-electron chi connectivity index (χ0n) is 13.0. The maximum Gasteiger partial charge on any atom is 0.226 e. The van der Waals surface area contributed by atoms with E-state index >= 15 is 0 Å². The van der Waals surface area contributed by atoms with Crippen LogP contribution in [-0.4, -0.2) is 23.0 Å².